The molecule has 5 rings (SSSR count). The second-order valence-electron chi connectivity index (χ2n) is 12.4. The molecule has 0 radical (unpaired) electrons. The van der Waals surface area contributed by atoms with Crippen LogP contribution in [-0.4, -0.2) is 43.6 Å². The maximum atomic E-state index is 12.6. The molecule has 0 aromatic carbocycles. The van der Waals surface area contributed by atoms with Gasteiger partial charge in [0.1, 0.15) is 0 Å². The Balaban J connectivity index is 1.77. The summed E-state index contributed by atoms with van der Waals surface area (Å²) in [4.78, 5) is 65.2. The minimum Gasteiger partial charge on any atom is -0.355 e. The number of carbonyl (C=O) groups excluding carboxylic acids is 4. The SMILES string of the molecule is C=Cc1c(C)c2cc3[nH]c(cc4nc(cc5nc(cc1[nH]2)C(C)=C5CCC(=O)NNC(C)=O)C(CCC(=O)NNC(C)=O)=C4C)c(C)c3C=C. The molecule has 0 unspecified atom stereocenters. The molecule has 8 bridgehead atoms. The average molecular weight is 675 g/mol. The van der Waals surface area contributed by atoms with Gasteiger partial charge in [-0.3, -0.25) is 40.9 Å². The Labute approximate surface area is 290 Å². The zero-order valence-corrected chi connectivity index (χ0v) is 29.2. The highest BCUT2D eigenvalue weighted by molar-refractivity contribution is 5.97. The number of fused-ring (bicyclic) bond motifs is 8. The van der Waals surface area contributed by atoms with Crippen LogP contribution in [0.4, 0.5) is 0 Å². The summed E-state index contributed by atoms with van der Waals surface area (Å²) in [5, 5.41) is 0. The first-order valence-corrected chi connectivity index (χ1v) is 16.3. The van der Waals surface area contributed by atoms with Gasteiger partial charge in [-0.05, 0) is 98.2 Å². The predicted octanol–water partition coefficient (Wildman–Crippen LogP) is 5.97. The van der Waals surface area contributed by atoms with Crippen molar-refractivity contribution in [2.75, 3.05) is 0 Å². The molecule has 2 aliphatic heterocycles. The van der Waals surface area contributed by atoms with E-state index in [2.05, 4.69) is 50.9 Å². The number of hydrogen-bond donors (Lipinski definition) is 6. The lowest BCUT2D eigenvalue weighted by molar-refractivity contribution is -0.127. The molecule has 6 N–H and O–H groups in total. The first-order chi connectivity index (χ1) is 23.8. The Morgan fingerprint density at radius 2 is 1.00 bits per heavy atom. The highest BCUT2D eigenvalue weighted by Crippen LogP contribution is 2.38. The van der Waals surface area contributed by atoms with Gasteiger partial charge in [-0.25, -0.2) is 9.97 Å². The van der Waals surface area contributed by atoms with Crippen LogP contribution in [0.15, 0.2) is 37.4 Å². The summed E-state index contributed by atoms with van der Waals surface area (Å²) in [6.07, 6.45) is 4.57. The largest absolute Gasteiger partial charge is 0.355 e. The van der Waals surface area contributed by atoms with Crippen molar-refractivity contribution in [3.8, 4) is 0 Å². The normalized spacial score (nSPS) is 12.4. The van der Waals surface area contributed by atoms with Crippen LogP contribution in [-0.2, 0) is 19.2 Å². The van der Waals surface area contributed by atoms with E-state index < -0.39 is 0 Å². The number of carbonyl (C=O) groups is 4. The van der Waals surface area contributed by atoms with Gasteiger partial charge >= 0.3 is 0 Å². The Morgan fingerprint density at radius 1 is 0.600 bits per heavy atom. The fraction of sp³-hybridized carbons (Fsp3) is 0.263. The summed E-state index contributed by atoms with van der Waals surface area (Å²) in [6, 6.07) is 7.94. The van der Waals surface area contributed by atoms with Crippen molar-refractivity contribution in [2.45, 2.75) is 67.2 Å². The van der Waals surface area contributed by atoms with Gasteiger partial charge in [0.2, 0.25) is 23.6 Å². The van der Waals surface area contributed by atoms with Gasteiger partial charge in [0.05, 0.1) is 22.8 Å². The number of aryl methyl sites for hydroxylation is 2. The third-order valence-corrected chi connectivity index (χ3v) is 9.00. The van der Waals surface area contributed by atoms with Crippen molar-refractivity contribution in [1.82, 2.24) is 41.6 Å². The van der Waals surface area contributed by atoms with E-state index in [4.69, 9.17) is 9.97 Å². The molecule has 3 aromatic rings. The zero-order chi connectivity index (χ0) is 36.3. The number of nitrogens with one attached hydrogen (secondary N) is 6. The first kappa shape index (κ1) is 35.3. The average Bonchev–Trinajstić information content (AvgIpc) is 3.73. The van der Waals surface area contributed by atoms with Gasteiger partial charge in [0.25, 0.3) is 0 Å². The van der Waals surface area contributed by atoms with E-state index in [-0.39, 0.29) is 36.5 Å². The number of allylic oxidation sites excluding steroid dienone is 4. The van der Waals surface area contributed by atoms with E-state index in [0.717, 1.165) is 72.3 Å². The van der Waals surface area contributed by atoms with Crippen molar-refractivity contribution >= 4 is 80.1 Å². The van der Waals surface area contributed by atoms with Gasteiger partial charge in [-0.2, -0.15) is 0 Å². The standard InChI is InChI=1S/C38H42N8O4/c1-9-25-19(3)29-15-30-21(5)27(11-13-37(49)45-43-23(7)47)35(41-30)18-36-28(12-14-38(50)46-44-24(8)48)22(6)32(42-36)17-34-26(10-2)20(4)31(40-34)16-33(25)39-29/h9-10,15-18,39-40H,1-2,11-14H2,3-8H3,(H,43,47)(H,44,48)(H,45,49)(H,46,50). The quantitative estimate of drug-likeness (QED) is 0.161. The second-order valence-corrected chi connectivity index (χ2v) is 12.4. The third-order valence-electron chi connectivity index (χ3n) is 9.00. The van der Waals surface area contributed by atoms with Gasteiger partial charge < -0.3 is 9.97 Å². The van der Waals surface area contributed by atoms with Crippen LogP contribution in [0.2, 0.25) is 0 Å². The summed E-state index contributed by atoms with van der Waals surface area (Å²) in [7, 11) is 0. The van der Waals surface area contributed by atoms with Gasteiger partial charge in [-0.1, -0.05) is 25.3 Å². The van der Waals surface area contributed by atoms with Crippen molar-refractivity contribution in [1.29, 1.82) is 0 Å². The minimum atomic E-state index is -0.370. The molecular weight excluding hydrogens is 632 g/mol. The number of hydrogen-bond acceptors (Lipinski definition) is 6. The lowest BCUT2D eigenvalue weighted by Gasteiger charge is -2.08. The molecule has 12 nitrogen and oxygen atoms in total. The molecule has 3 aromatic heterocycles. The van der Waals surface area contributed by atoms with E-state index in [9.17, 15) is 19.2 Å². The fourth-order valence-corrected chi connectivity index (χ4v) is 6.22. The second kappa shape index (κ2) is 14.6. The Bertz CT molecular complexity index is 2200. The molecule has 4 amide bonds. The third kappa shape index (κ3) is 7.34. The van der Waals surface area contributed by atoms with Crippen molar-refractivity contribution < 1.29 is 19.2 Å². The highest BCUT2D eigenvalue weighted by Gasteiger charge is 2.23. The number of H-pyrrole nitrogens is 2. The van der Waals surface area contributed by atoms with Crippen molar-refractivity contribution in [3.63, 3.8) is 0 Å². The monoisotopic (exact) mass is 674 g/mol. The summed E-state index contributed by atoms with van der Waals surface area (Å²) in [5.74, 6) is -1.42. The molecule has 12 heteroatoms. The number of nitrogens with zero attached hydrogens (tertiary/aromatic N) is 2. The van der Waals surface area contributed by atoms with E-state index in [1.165, 1.54) is 13.8 Å². The van der Waals surface area contributed by atoms with Gasteiger partial charge in [0.15, 0.2) is 0 Å². The number of rotatable bonds is 8. The smallest absolute Gasteiger partial charge is 0.238 e. The minimum absolute atomic E-state index is 0.105. The molecular formula is C38H42N8O4. The predicted molar refractivity (Wildman–Crippen MR) is 198 cm³/mol. The molecule has 50 heavy (non-hydrogen) atoms. The van der Waals surface area contributed by atoms with E-state index in [1.807, 2.05) is 58.0 Å². The summed E-state index contributed by atoms with van der Waals surface area (Å²) in [5.41, 5.74) is 23.2. The van der Waals surface area contributed by atoms with E-state index >= 15 is 0 Å². The Hall–Kier alpha value is -6.04. The van der Waals surface area contributed by atoms with Crippen LogP contribution < -0.4 is 21.7 Å². The fourth-order valence-electron chi connectivity index (χ4n) is 6.22. The maximum Gasteiger partial charge on any atom is 0.238 e. The van der Waals surface area contributed by atoms with Crippen LogP contribution in [0, 0.1) is 13.8 Å². The molecule has 5 heterocycles. The van der Waals surface area contributed by atoms with Crippen LogP contribution in [0.25, 0.3) is 56.5 Å². The van der Waals surface area contributed by atoms with E-state index in [0.29, 0.717) is 29.9 Å². The van der Waals surface area contributed by atoms with Crippen LogP contribution in [0.5, 0.6) is 0 Å². The maximum absolute atomic E-state index is 12.6. The summed E-state index contributed by atoms with van der Waals surface area (Å²) < 4.78 is 0. The molecule has 0 saturated heterocycles. The number of aromatic amines is 2. The lowest BCUT2D eigenvalue weighted by atomic mass is 9.98. The molecule has 0 fully saturated rings. The van der Waals surface area contributed by atoms with Gasteiger partial charge in [-0.15, -0.1) is 0 Å². The Morgan fingerprint density at radius 3 is 1.42 bits per heavy atom. The van der Waals surface area contributed by atoms with Crippen molar-refractivity contribution in [2.24, 2.45) is 0 Å². The topological polar surface area (TPSA) is 174 Å². The van der Waals surface area contributed by atoms with Gasteiger partial charge in [0, 0.05) is 59.9 Å². The number of amides is 4. The highest BCUT2D eigenvalue weighted by atomic mass is 16.2. The lowest BCUT2D eigenvalue weighted by Crippen LogP contribution is -2.40. The first-order valence-electron chi connectivity index (χ1n) is 16.3. The van der Waals surface area contributed by atoms with E-state index in [1.54, 1.807) is 0 Å². The van der Waals surface area contributed by atoms with Crippen LogP contribution in [0.3, 0.4) is 0 Å². The number of hydrazine groups is 2. The molecule has 0 aliphatic carbocycles. The molecule has 258 valence electrons. The molecule has 2 aliphatic rings. The van der Waals surface area contributed by atoms with Crippen molar-refractivity contribution in [3.05, 3.63) is 82.5 Å². The zero-order valence-electron chi connectivity index (χ0n) is 29.2. The number of aromatic nitrogens is 4. The molecule has 0 saturated carbocycles. The van der Waals surface area contributed by atoms with Crippen LogP contribution >= 0.6 is 0 Å². The Kier molecular flexibility index (Phi) is 10.3. The van der Waals surface area contributed by atoms with Crippen LogP contribution in [0.1, 0.15) is 98.4 Å². The summed E-state index contributed by atoms with van der Waals surface area (Å²) >= 11 is 0. The summed E-state index contributed by atoms with van der Waals surface area (Å²) in [6.45, 7) is 18.8. The molecule has 0 atom stereocenters. The molecule has 0 spiro atoms.